The molecule has 6 nitrogen and oxygen atoms in total. The van der Waals surface area contributed by atoms with E-state index in [1.54, 1.807) is 0 Å². The fourth-order valence-corrected chi connectivity index (χ4v) is 4.17. The van der Waals surface area contributed by atoms with E-state index in [1.807, 2.05) is 81.4 Å². The van der Waals surface area contributed by atoms with Crippen LogP contribution < -0.4 is 10.9 Å². The van der Waals surface area contributed by atoms with Gasteiger partial charge in [0.05, 0.1) is 11.4 Å². The first-order valence-corrected chi connectivity index (χ1v) is 10.8. The minimum absolute atomic E-state index is 0.0624. The number of benzene rings is 2. The van der Waals surface area contributed by atoms with Crippen molar-refractivity contribution >= 4 is 22.4 Å². The first-order chi connectivity index (χ1) is 15.0. The van der Waals surface area contributed by atoms with Gasteiger partial charge in [-0.15, -0.1) is 11.3 Å². The predicted octanol–water partition coefficient (Wildman–Crippen LogP) is 4.92. The molecule has 4 aromatic rings. The van der Waals surface area contributed by atoms with Crippen molar-refractivity contribution < 1.29 is 4.79 Å². The van der Waals surface area contributed by atoms with Crippen molar-refractivity contribution in [3.8, 4) is 22.4 Å². The molecular weight excluding hydrogens is 408 g/mol. The monoisotopic (exact) mass is 430 g/mol. The summed E-state index contributed by atoms with van der Waals surface area (Å²) in [5.41, 5.74) is 3.18. The summed E-state index contributed by atoms with van der Waals surface area (Å²) in [6.45, 7) is 6.02. The highest BCUT2D eigenvalue weighted by Crippen LogP contribution is 2.32. The normalized spacial score (nSPS) is 10.8. The van der Waals surface area contributed by atoms with E-state index in [0.717, 1.165) is 21.7 Å². The molecule has 0 radical (unpaired) electrons. The lowest BCUT2D eigenvalue weighted by Gasteiger charge is -2.16. The first kappa shape index (κ1) is 20.7. The number of hydrogen-bond acceptors (Lipinski definition) is 5. The summed E-state index contributed by atoms with van der Waals surface area (Å²) in [6, 6.07) is 19.0. The molecule has 0 aliphatic heterocycles. The van der Waals surface area contributed by atoms with Crippen molar-refractivity contribution in [1.82, 2.24) is 14.8 Å². The smallest absolute Gasteiger partial charge is 0.280 e. The van der Waals surface area contributed by atoms with Gasteiger partial charge in [-0.2, -0.15) is 5.10 Å². The summed E-state index contributed by atoms with van der Waals surface area (Å²) >= 11 is 1.39. The highest BCUT2D eigenvalue weighted by Gasteiger charge is 2.25. The standard InChI is InChI=1S/C24H22N4O2S/c1-4-28-23(30)20(22(29)26-24-25-15(2)16(3)31-24)19(17-11-7-5-8-12-17)21(27-28)18-13-9-6-10-14-18/h5-14H,4H2,1-3H3,(H,25,26,29). The lowest BCUT2D eigenvalue weighted by Crippen LogP contribution is -2.32. The van der Waals surface area contributed by atoms with Crippen LogP contribution >= 0.6 is 11.3 Å². The molecule has 0 aliphatic rings. The summed E-state index contributed by atoms with van der Waals surface area (Å²) in [7, 11) is 0. The zero-order valence-electron chi connectivity index (χ0n) is 17.5. The average Bonchev–Trinajstić information content (AvgIpc) is 3.10. The summed E-state index contributed by atoms with van der Waals surface area (Å²) in [4.78, 5) is 32.1. The maximum Gasteiger partial charge on any atom is 0.280 e. The molecule has 1 N–H and O–H groups in total. The molecule has 31 heavy (non-hydrogen) atoms. The Morgan fingerprint density at radius 2 is 1.61 bits per heavy atom. The van der Waals surface area contributed by atoms with Gasteiger partial charge in [0.1, 0.15) is 5.56 Å². The van der Waals surface area contributed by atoms with Gasteiger partial charge < -0.3 is 0 Å². The molecule has 156 valence electrons. The highest BCUT2D eigenvalue weighted by atomic mass is 32.1. The van der Waals surface area contributed by atoms with Crippen LogP contribution in [0.25, 0.3) is 22.4 Å². The second-order valence-electron chi connectivity index (χ2n) is 7.07. The third kappa shape index (κ3) is 4.04. The van der Waals surface area contributed by atoms with Gasteiger partial charge in [0.2, 0.25) is 0 Å². The number of nitrogens with zero attached hydrogens (tertiary/aromatic N) is 3. The number of nitrogens with one attached hydrogen (secondary N) is 1. The third-order valence-corrected chi connectivity index (χ3v) is 6.03. The number of rotatable bonds is 5. The molecule has 0 saturated heterocycles. The predicted molar refractivity (Wildman–Crippen MR) is 125 cm³/mol. The molecule has 4 rings (SSSR count). The maximum atomic E-state index is 13.4. The number of aromatic nitrogens is 3. The molecule has 2 aromatic carbocycles. The average molecular weight is 431 g/mol. The van der Waals surface area contributed by atoms with Gasteiger partial charge in [0.15, 0.2) is 5.13 Å². The van der Waals surface area contributed by atoms with Crippen LogP contribution in [-0.4, -0.2) is 20.7 Å². The Bertz CT molecular complexity index is 1280. The van der Waals surface area contributed by atoms with Crippen molar-refractivity contribution in [2.75, 3.05) is 5.32 Å². The summed E-state index contributed by atoms with van der Waals surface area (Å²) < 4.78 is 1.34. The molecule has 2 aromatic heterocycles. The Labute approximate surface area is 184 Å². The topological polar surface area (TPSA) is 76.9 Å². The van der Waals surface area contributed by atoms with Gasteiger partial charge in [-0.05, 0) is 26.3 Å². The van der Waals surface area contributed by atoms with E-state index in [1.165, 1.54) is 16.0 Å². The lowest BCUT2D eigenvalue weighted by atomic mass is 9.95. The maximum absolute atomic E-state index is 13.4. The molecule has 7 heteroatoms. The van der Waals surface area contributed by atoms with E-state index in [9.17, 15) is 9.59 Å². The van der Waals surface area contributed by atoms with E-state index in [4.69, 9.17) is 0 Å². The largest absolute Gasteiger partial charge is 0.298 e. The van der Waals surface area contributed by atoms with Crippen LogP contribution in [0.1, 0.15) is 27.9 Å². The molecule has 2 heterocycles. The van der Waals surface area contributed by atoms with E-state index < -0.39 is 11.5 Å². The van der Waals surface area contributed by atoms with Crippen LogP contribution in [0.5, 0.6) is 0 Å². The number of thiazole rings is 1. The number of carbonyl (C=O) groups is 1. The molecule has 0 unspecified atom stereocenters. The minimum atomic E-state index is -0.487. The Hall–Kier alpha value is -3.58. The van der Waals surface area contributed by atoms with Gasteiger partial charge in [-0.3, -0.25) is 14.9 Å². The van der Waals surface area contributed by atoms with Crippen molar-refractivity contribution in [2.24, 2.45) is 0 Å². The number of carbonyl (C=O) groups excluding carboxylic acids is 1. The molecule has 0 fully saturated rings. The molecule has 1 amide bonds. The Morgan fingerprint density at radius 1 is 1.00 bits per heavy atom. The van der Waals surface area contributed by atoms with Crippen LogP contribution in [0.3, 0.4) is 0 Å². The Balaban J connectivity index is 1.98. The van der Waals surface area contributed by atoms with Crippen molar-refractivity contribution in [2.45, 2.75) is 27.3 Å². The second kappa shape index (κ2) is 8.65. The van der Waals surface area contributed by atoms with Crippen molar-refractivity contribution in [3.05, 3.63) is 87.2 Å². The molecule has 0 spiro atoms. The minimum Gasteiger partial charge on any atom is -0.298 e. The van der Waals surface area contributed by atoms with Gasteiger partial charge >= 0.3 is 0 Å². The van der Waals surface area contributed by atoms with E-state index in [-0.39, 0.29) is 5.56 Å². The molecular formula is C24H22N4O2S. The summed E-state index contributed by atoms with van der Waals surface area (Å²) in [5, 5.41) is 7.92. The number of hydrogen-bond donors (Lipinski definition) is 1. The van der Waals surface area contributed by atoms with Gasteiger partial charge in [0, 0.05) is 22.5 Å². The Morgan fingerprint density at radius 3 is 2.16 bits per heavy atom. The fourth-order valence-electron chi connectivity index (χ4n) is 3.37. The zero-order chi connectivity index (χ0) is 22.0. The van der Waals surface area contributed by atoms with Gasteiger partial charge in [0.25, 0.3) is 11.5 Å². The molecule has 0 saturated carbocycles. The molecule has 0 atom stereocenters. The van der Waals surface area contributed by atoms with E-state index in [2.05, 4.69) is 15.4 Å². The fraction of sp³-hybridized carbons (Fsp3) is 0.167. The quantitative estimate of drug-likeness (QED) is 0.487. The SMILES string of the molecule is CCn1nc(-c2ccccc2)c(-c2ccccc2)c(C(=O)Nc2nc(C)c(C)s2)c1=O. The highest BCUT2D eigenvalue weighted by molar-refractivity contribution is 7.15. The summed E-state index contributed by atoms with van der Waals surface area (Å²) in [5.74, 6) is -0.487. The van der Waals surface area contributed by atoms with Crippen molar-refractivity contribution in [3.63, 3.8) is 0 Å². The van der Waals surface area contributed by atoms with E-state index in [0.29, 0.717) is 22.9 Å². The van der Waals surface area contributed by atoms with Gasteiger partial charge in [-0.1, -0.05) is 60.7 Å². The number of aryl methyl sites for hydroxylation is 3. The van der Waals surface area contributed by atoms with Gasteiger partial charge in [-0.25, -0.2) is 9.67 Å². The van der Waals surface area contributed by atoms with E-state index >= 15 is 0 Å². The van der Waals surface area contributed by atoms with Crippen LogP contribution in [-0.2, 0) is 6.54 Å². The van der Waals surface area contributed by atoms with Crippen molar-refractivity contribution in [1.29, 1.82) is 0 Å². The second-order valence-corrected chi connectivity index (χ2v) is 8.27. The van der Waals surface area contributed by atoms with Crippen LogP contribution in [0.15, 0.2) is 65.5 Å². The summed E-state index contributed by atoms with van der Waals surface area (Å²) in [6.07, 6.45) is 0. The number of anilines is 1. The lowest BCUT2D eigenvalue weighted by molar-refractivity contribution is 0.102. The molecule has 0 aliphatic carbocycles. The Kier molecular flexibility index (Phi) is 5.77. The third-order valence-electron chi connectivity index (χ3n) is 5.04. The molecule has 0 bridgehead atoms. The van der Waals surface area contributed by atoms with Crippen LogP contribution in [0.2, 0.25) is 0 Å². The van der Waals surface area contributed by atoms with Crippen LogP contribution in [0.4, 0.5) is 5.13 Å². The first-order valence-electron chi connectivity index (χ1n) is 10.0. The zero-order valence-corrected chi connectivity index (χ0v) is 18.4. The van der Waals surface area contributed by atoms with Crippen LogP contribution in [0, 0.1) is 13.8 Å². The number of amides is 1.